The molecule has 0 radical (unpaired) electrons. The highest BCUT2D eigenvalue weighted by atomic mass is 19.1. The van der Waals surface area contributed by atoms with Gasteiger partial charge in [0, 0.05) is 26.1 Å². The van der Waals surface area contributed by atoms with Crippen molar-refractivity contribution in [3.05, 3.63) is 71.3 Å². The maximum atomic E-state index is 13.5. The Morgan fingerprint density at radius 2 is 1.92 bits per heavy atom. The monoisotopic (exact) mass is 330 g/mol. The number of carbonyl (C=O) groups excluding carboxylic acids is 1. The van der Waals surface area contributed by atoms with Crippen LogP contribution in [0.25, 0.3) is 0 Å². The van der Waals surface area contributed by atoms with Crippen molar-refractivity contribution in [1.82, 2.24) is 10.2 Å². The molecule has 2 aromatic rings. The third-order valence-electron chi connectivity index (χ3n) is 4.34. The van der Waals surface area contributed by atoms with Crippen LogP contribution in [0.4, 0.5) is 8.78 Å². The zero-order chi connectivity index (χ0) is 16.9. The van der Waals surface area contributed by atoms with E-state index in [0.717, 1.165) is 17.7 Å². The molecule has 126 valence electrons. The molecule has 0 bridgehead atoms. The molecular formula is C19H20F2N2O. The molecule has 0 aromatic heterocycles. The van der Waals surface area contributed by atoms with Crippen molar-refractivity contribution >= 4 is 5.91 Å². The molecule has 1 atom stereocenters. The molecule has 24 heavy (non-hydrogen) atoms. The van der Waals surface area contributed by atoms with Crippen molar-refractivity contribution in [2.24, 2.45) is 0 Å². The number of nitrogens with one attached hydrogen (secondary N) is 1. The first-order valence-electron chi connectivity index (χ1n) is 8.13. The first kappa shape index (κ1) is 16.6. The summed E-state index contributed by atoms with van der Waals surface area (Å²) in [6.45, 7) is 1.95. The van der Waals surface area contributed by atoms with E-state index in [2.05, 4.69) is 5.32 Å². The first-order valence-corrected chi connectivity index (χ1v) is 8.13. The maximum Gasteiger partial charge on any atom is 0.223 e. The zero-order valence-electron chi connectivity index (χ0n) is 13.3. The SMILES string of the molecule is O=C(CCc1ccc(F)cc1)N1CCNCC1c1cccc(F)c1. The van der Waals surface area contributed by atoms with Crippen molar-refractivity contribution in [2.75, 3.05) is 19.6 Å². The fourth-order valence-electron chi connectivity index (χ4n) is 3.06. The van der Waals surface area contributed by atoms with Gasteiger partial charge in [0.25, 0.3) is 0 Å². The van der Waals surface area contributed by atoms with Gasteiger partial charge in [0.05, 0.1) is 6.04 Å². The van der Waals surface area contributed by atoms with Crippen LogP contribution in [0.1, 0.15) is 23.6 Å². The minimum atomic E-state index is -0.295. The van der Waals surface area contributed by atoms with Crippen LogP contribution >= 0.6 is 0 Å². The molecule has 1 unspecified atom stereocenters. The largest absolute Gasteiger partial charge is 0.333 e. The van der Waals surface area contributed by atoms with E-state index in [1.807, 2.05) is 11.0 Å². The number of carbonyl (C=O) groups is 1. The topological polar surface area (TPSA) is 32.3 Å². The summed E-state index contributed by atoms with van der Waals surface area (Å²) in [5.74, 6) is -0.537. The maximum absolute atomic E-state index is 13.5. The summed E-state index contributed by atoms with van der Waals surface area (Å²) in [5.41, 5.74) is 1.74. The molecule has 1 heterocycles. The highest BCUT2D eigenvalue weighted by Crippen LogP contribution is 2.24. The summed E-state index contributed by atoms with van der Waals surface area (Å²) in [7, 11) is 0. The second-order valence-electron chi connectivity index (χ2n) is 5.99. The summed E-state index contributed by atoms with van der Waals surface area (Å²) in [6.07, 6.45) is 0.927. The number of benzene rings is 2. The molecule has 1 aliphatic rings. The standard InChI is InChI=1S/C19H20F2N2O/c20-16-7-4-14(5-8-16)6-9-19(24)23-11-10-22-13-18(23)15-2-1-3-17(21)12-15/h1-5,7-8,12,18,22H,6,9-11,13H2. The molecule has 1 saturated heterocycles. The van der Waals surface area contributed by atoms with E-state index in [9.17, 15) is 13.6 Å². The molecule has 0 spiro atoms. The van der Waals surface area contributed by atoms with Crippen LogP contribution in [0.15, 0.2) is 48.5 Å². The average molecular weight is 330 g/mol. The summed E-state index contributed by atoms with van der Waals surface area (Å²) in [4.78, 5) is 14.5. The van der Waals surface area contributed by atoms with Crippen molar-refractivity contribution in [2.45, 2.75) is 18.9 Å². The van der Waals surface area contributed by atoms with E-state index in [-0.39, 0.29) is 23.6 Å². The van der Waals surface area contributed by atoms with Crippen LogP contribution in [0, 0.1) is 11.6 Å². The predicted molar refractivity (Wildman–Crippen MR) is 88.4 cm³/mol. The van der Waals surface area contributed by atoms with E-state index < -0.39 is 0 Å². The lowest BCUT2D eigenvalue weighted by atomic mass is 10.0. The summed E-state index contributed by atoms with van der Waals surface area (Å²) in [6, 6.07) is 12.4. The lowest BCUT2D eigenvalue weighted by Gasteiger charge is -2.36. The second kappa shape index (κ2) is 7.53. The molecule has 5 heteroatoms. The number of aryl methyl sites for hydroxylation is 1. The molecule has 0 aliphatic carbocycles. The van der Waals surface area contributed by atoms with Gasteiger partial charge in [-0.15, -0.1) is 0 Å². The van der Waals surface area contributed by atoms with E-state index in [4.69, 9.17) is 0 Å². The Bertz CT molecular complexity index is 703. The van der Waals surface area contributed by atoms with Gasteiger partial charge in [-0.05, 0) is 41.8 Å². The van der Waals surface area contributed by atoms with Crippen LogP contribution in [0.5, 0.6) is 0 Å². The molecule has 1 fully saturated rings. The highest BCUT2D eigenvalue weighted by molar-refractivity contribution is 5.77. The lowest BCUT2D eigenvalue weighted by molar-refractivity contribution is -0.134. The highest BCUT2D eigenvalue weighted by Gasteiger charge is 2.27. The van der Waals surface area contributed by atoms with Gasteiger partial charge >= 0.3 is 0 Å². The summed E-state index contributed by atoms with van der Waals surface area (Å²) >= 11 is 0. The van der Waals surface area contributed by atoms with Crippen molar-refractivity contribution in [1.29, 1.82) is 0 Å². The van der Waals surface area contributed by atoms with Crippen LogP contribution < -0.4 is 5.32 Å². The Morgan fingerprint density at radius 1 is 1.12 bits per heavy atom. The van der Waals surface area contributed by atoms with Crippen molar-refractivity contribution in [3.8, 4) is 0 Å². The normalized spacial score (nSPS) is 17.8. The van der Waals surface area contributed by atoms with Crippen LogP contribution in [0.2, 0.25) is 0 Å². The molecule has 3 rings (SSSR count). The third-order valence-corrected chi connectivity index (χ3v) is 4.34. The minimum absolute atomic E-state index is 0.0371. The van der Waals surface area contributed by atoms with Gasteiger partial charge in [-0.25, -0.2) is 8.78 Å². The number of hydrogen-bond donors (Lipinski definition) is 1. The molecule has 3 nitrogen and oxygen atoms in total. The second-order valence-corrected chi connectivity index (χ2v) is 5.99. The van der Waals surface area contributed by atoms with Gasteiger partial charge < -0.3 is 10.2 Å². The Morgan fingerprint density at radius 3 is 2.67 bits per heavy atom. The average Bonchev–Trinajstić information content (AvgIpc) is 2.61. The number of halogens is 2. The van der Waals surface area contributed by atoms with E-state index in [1.54, 1.807) is 18.2 Å². The van der Waals surface area contributed by atoms with Gasteiger partial charge in [0.1, 0.15) is 11.6 Å². The Labute approximate surface area is 140 Å². The minimum Gasteiger partial charge on any atom is -0.333 e. The van der Waals surface area contributed by atoms with Gasteiger partial charge in [-0.1, -0.05) is 24.3 Å². The first-order chi connectivity index (χ1) is 11.6. The van der Waals surface area contributed by atoms with E-state index in [1.165, 1.54) is 24.3 Å². The lowest BCUT2D eigenvalue weighted by Crippen LogP contribution is -2.48. The summed E-state index contributed by atoms with van der Waals surface area (Å²) in [5, 5.41) is 3.26. The fraction of sp³-hybridized carbons (Fsp3) is 0.316. The Kier molecular flexibility index (Phi) is 5.20. The van der Waals surface area contributed by atoms with Crippen molar-refractivity contribution in [3.63, 3.8) is 0 Å². The fourth-order valence-corrected chi connectivity index (χ4v) is 3.06. The number of rotatable bonds is 4. The van der Waals surface area contributed by atoms with Crippen LogP contribution in [0.3, 0.4) is 0 Å². The number of nitrogens with zero attached hydrogens (tertiary/aromatic N) is 1. The molecule has 1 aliphatic heterocycles. The quantitative estimate of drug-likeness (QED) is 0.934. The molecule has 2 aromatic carbocycles. The third kappa shape index (κ3) is 3.97. The predicted octanol–water partition coefficient (Wildman–Crippen LogP) is 3.07. The number of piperazine rings is 1. The van der Waals surface area contributed by atoms with E-state index >= 15 is 0 Å². The van der Waals surface area contributed by atoms with Gasteiger partial charge in [-0.2, -0.15) is 0 Å². The Hall–Kier alpha value is -2.27. The van der Waals surface area contributed by atoms with Crippen LogP contribution in [-0.4, -0.2) is 30.4 Å². The Balaban J connectivity index is 1.68. The smallest absolute Gasteiger partial charge is 0.223 e. The number of amides is 1. The van der Waals surface area contributed by atoms with Gasteiger partial charge in [0.15, 0.2) is 0 Å². The zero-order valence-corrected chi connectivity index (χ0v) is 13.3. The molecular weight excluding hydrogens is 310 g/mol. The number of hydrogen-bond acceptors (Lipinski definition) is 2. The molecule has 1 amide bonds. The van der Waals surface area contributed by atoms with Crippen LogP contribution in [-0.2, 0) is 11.2 Å². The van der Waals surface area contributed by atoms with Gasteiger partial charge in [0.2, 0.25) is 5.91 Å². The molecule has 0 saturated carbocycles. The van der Waals surface area contributed by atoms with Crippen molar-refractivity contribution < 1.29 is 13.6 Å². The van der Waals surface area contributed by atoms with Gasteiger partial charge in [-0.3, -0.25) is 4.79 Å². The summed E-state index contributed by atoms with van der Waals surface area (Å²) < 4.78 is 26.4. The van der Waals surface area contributed by atoms with E-state index in [0.29, 0.717) is 25.9 Å². The molecule has 1 N–H and O–H groups in total.